The van der Waals surface area contributed by atoms with Gasteiger partial charge in [-0.15, -0.1) is 11.3 Å². The van der Waals surface area contributed by atoms with Gasteiger partial charge in [0.25, 0.3) is 0 Å². The Morgan fingerprint density at radius 1 is 1.38 bits per heavy atom. The highest BCUT2D eigenvalue weighted by Gasteiger charge is 2.13. The molecule has 3 aromatic rings. The molecule has 3 rings (SSSR count). The first kappa shape index (κ1) is 16.4. The number of nitrogens with zero attached hydrogens (tertiary/aromatic N) is 3. The van der Waals surface area contributed by atoms with Crippen LogP contribution in [0.2, 0.25) is 0 Å². The Morgan fingerprint density at radius 2 is 2.21 bits per heavy atom. The Morgan fingerprint density at radius 3 is 2.88 bits per heavy atom. The Bertz CT molecular complexity index is 814. The van der Waals surface area contributed by atoms with Crippen LogP contribution in [0.5, 0.6) is 0 Å². The lowest BCUT2D eigenvalue weighted by Gasteiger charge is -2.07. The molecule has 0 unspecified atom stereocenters. The van der Waals surface area contributed by atoms with Gasteiger partial charge >= 0.3 is 0 Å². The number of carbonyl (C=O) groups excluding carboxylic acids is 1. The Balaban J connectivity index is 1.54. The third-order valence-electron chi connectivity index (χ3n) is 3.92. The van der Waals surface area contributed by atoms with E-state index in [9.17, 15) is 4.79 Å². The summed E-state index contributed by atoms with van der Waals surface area (Å²) in [7, 11) is 0. The minimum Gasteiger partial charge on any atom is -0.361 e. The Hall–Kier alpha value is -2.41. The lowest BCUT2D eigenvalue weighted by atomic mass is 10.1. The summed E-state index contributed by atoms with van der Waals surface area (Å²) in [5.41, 5.74) is 3.69. The Kier molecular flexibility index (Phi) is 4.80. The molecule has 1 amide bonds. The van der Waals surface area contributed by atoms with E-state index in [-0.39, 0.29) is 5.91 Å². The quantitative estimate of drug-likeness (QED) is 0.746. The average Bonchev–Trinajstić information content (AvgIpc) is 3.25. The van der Waals surface area contributed by atoms with Crippen LogP contribution in [0.1, 0.15) is 22.7 Å². The van der Waals surface area contributed by atoms with Crippen molar-refractivity contribution in [3.63, 3.8) is 0 Å². The second-order valence-corrected chi connectivity index (χ2v) is 6.65. The van der Waals surface area contributed by atoms with Gasteiger partial charge in [0.05, 0.1) is 23.5 Å². The van der Waals surface area contributed by atoms with Crippen LogP contribution in [0.3, 0.4) is 0 Å². The number of amides is 1. The number of carbonyl (C=O) groups is 1. The zero-order valence-corrected chi connectivity index (χ0v) is 14.8. The highest BCUT2D eigenvalue weighted by atomic mass is 32.1. The zero-order valence-electron chi connectivity index (χ0n) is 14.0. The van der Waals surface area contributed by atoms with Crippen molar-refractivity contribution in [2.45, 2.75) is 33.7 Å². The van der Waals surface area contributed by atoms with Crippen LogP contribution in [0.15, 0.2) is 28.1 Å². The maximum absolute atomic E-state index is 12.1. The van der Waals surface area contributed by atoms with E-state index in [4.69, 9.17) is 4.52 Å². The van der Waals surface area contributed by atoms with E-state index >= 15 is 0 Å². The first-order chi connectivity index (χ1) is 11.5. The van der Waals surface area contributed by atoms with Gasteiger partial charge < -0.3 is 9.84 Å². The minimum absolute atomic E-state index is 0.0345. The molecule has 126 valence electrons. The van der Waals surface area contributed by atoms with E-state index < -0.39 is 0 Å². The molecule has 0 spiro atoms. The maximum Gasteiger partial charge on any atom is 0.224 e. The standard InChI is InChI=1S/C17H20N4O2S/c1-11-9-15(16-5-4-8-24-16)19-21(11)7-6-18-17(22)10-14-12(2)20-23-13(14)3/h4-5,8-9H,6-7,10H2,1-3H3,(H,18,22). The molecule has 0 aliphatic rings. The lowest BCUT2D eigenvalue weighted by molar-refractivity contribution is -0.120. The third kappa shape index (κ3) is 3.56. The van der Waals surface area contributed by atoms with E-state index in [1.165, 1.54) is 0 Å². The largest absolute Gasteiger partial charge is 0.361 e. The molecule has 0 aliphatic carbocycles. The van der Waals surface area contributed by atoms with Gasteiger partial charge in [-0.3, -0.25) is 9.48 Å². The number of aromatic nitrogens is 3. The second-order valence-electron chi connectivity index (χ2n) is 5.70. The van der Waals surface area contributed by atoms with Crippen LogP contribution in [-0.4, -0.2) is 27.4 Å². The van der Waals surface area contributed by atoms with Crippen molar-refractivity contribution in [1.82, 2.24) is 20.3 Å². The summed E-state index contributed by atoms with van der Waals surface area (Å²) in [6, 6.07) is 6.14. The van der Waals surface area contributed by atoms with Crippen molar-refractivity contribution in [3.05, 3.63) is 46.3 Å². The van der Waals surface area contributed by atoms with Crippen molar-refractivity contribution in [2.24, 2.45) is 0 Å². The number of hydrogen-bond donors (Lipinski definition) is 1. The lowest BCUT2D eigenvalue weighted by Crippen LogP contribution is -2.29. The Labute approximate surface area is 144 Å². The zero-order chi connectivity index (χ0) is 17.1. The van der Waals surface area contributed by atoms with Crippen molar-refractivity contribution in [1.29, 1.82) is 0 Å². The van der Waals surface area contributed by atoms with Gasteiger partial charge in [-0.1, -0.05) is 11.2 Å². The number of nitrogens with one attached hydrogen (secondary N) is 1. The molecule has 3 heterocycles. The number of hydrogen-bond acceptors (Lipinski definition) is 5. The summed E-state index contributed by atoms with van der Waals surface area (Å²) in [5, 5.41) is 13.4. The molecular weight excluding hydrogens is 324 g/mol. The fraction of sp³-hybridized carbons (Fsp3) is 0.353. The molecule has 0 radical (unpaired) electrons. The summed E-state index contributed by atoms with van der Waals surface area (Å²) >= 11 is 1.67. The first-order valence-electron chi connectivity index (χ1n) is 7.81. The molecule has 0 saturated heterocycles. The average molecular weight is 344 g/mol. The van der Waals surface area contributed by atoms with E-state index in [2.05, 4.69) is 27.7 Å². The summed E-state index contributed by atoms with van der Waals surface area (Å²) < 4.78 is 7.00. The van der Waals surface area contributed by atoms with Crippen LogP contribution >= 0.6 is 11.3 Å². The maximum atomic E-state index is 12.1. The summed E-state index contributed by atoms with van der Waals surface area (Å²) in [6.45, 7) is 6.87. The van der Waals surface area contributed by atoms with Gasteiger partial charge in [0, 0.05) is 17.8 Å². The number of rotatable bonds is 6. The number of aryl methyl sites for hydroxylation is 3. The summed E-state index contributed by atoms with van der Waals surface area (Å²) in [4.78, 5) is 13.2. The molecule has 3 aromatic heterocycles. The van der Waals surface area contributed by atoms with Gasteiger partial charge in [-0.25, -0.2) is 0 Å². The topological polar surface area (TPSA) is 73.0 Å². The molecule has 0 bridgehead atoms. The highest BCUT2D eigenvalue weighted by Crippen LogP contribution is 2.23. The van der Waals surface area contributed by atoms with Gasteiger partial charge in [0.15, 0.2) is 0 Å². The van der Waals surface area contributed by atoms with Gasteiger partial charge in [0.2, 0.25) is 5.91 Å². The molecule has 0 saturated carbocycles. The van der Waals surface area contributed by atoms with E-state index in [0.29, 0.717) is 25.3 Å². The van der Waals surface area contributed by atoms with Crippen LogP contribution in [0.4, 0.5) is 0 Å². The summed E-state index contributed by atoms with van der Waals surface area (Å²) in [5.74, 6) is 0.666. The normalized spacial score (nSPS) is 11.0. The first-order valence-corrected chi connectivity index (χ1v) is 8.69. The van der Waals surface area contributed by atoms with Gasteiger partial charge in [0.1, 0.15) is 11.5 Å². The summed E-state index contributed by atoms with van der Waals surface area (Å²) in [6.07, 6.45) is 0.291. The molecule has 7 heteroatoms. The molecule has 6 nitrogen and oxygen atoms in total. The van der Waals surface area contributed by atoms with Crippen LogP contribution in [-0.2, 0) is 17.8 Å². The fourth-order valence-electron chi connectivity index (χ4n) is 2.56. The van der Waals surface area contributed by atoms with Crippen molar-refractivity contribution < 1.29 is 9.32 Å². The predicted molar refractivity (Wildman–Crippen MR) is 93.0 cm³/mol. The van der Waals surface area contributed by atoms with Crippen LogP contribution in [0, 0.1) is 20.8 Å². The number of thiophene rings is 1. The van der Waals surface area contributed by atoms with Gasteiger partial charge in [-0.05, 0) is 38.3 Å². The van der Waals surface area contributed by atoms with E-state index in [1.807, 2.05) is 36.9 Å². The van der Waals surface area contributed by atoms with Crippen molar-refractivity contribution >= 4 is 17.2 Å². The van der Waals surface area contributed by atoms with Crippen molar-refractivity contribution in [2.75, 3.05) is 6.54 Å². The van der Waals surface area contributed by atoms with Gasteiger partial charge in [-0.2, -0.15) is 5.10 Å². The molecule has 0 atom stereocenters. The molecule has 0 fully saturated rings. The SMILES string of the molecule is Cc1noc(C)c1CC(=O)NCCn1nc(-c2cccs2)cc1C. The highest BCUT2D eigenvalue weighted by molar-refractivity contribution is 7.13. The van der Waals surface area contributed by atoms with Crippen LogP contribution in [0.25, 0.3) is 10.6 Å². The predicted octanol–water partition coefficient (Wildman–Crippen LogP) is 2.88. The van der Waals surface area contributed by atoms with Crippen LogP contribution < -0.4 is 5.32 Å². The smallest absolute Gasteiger partial charge is 0.224 e. The molecule has 1 N–H and O–H groups in total. The second kappa shape index (κ2) is 7.00. The molecule has 0 aliphatic heterocycles. The molecule has 0 aromatic carbocycles. The third-order valence-corrected chi connectivity index (χ3v) is 4.81. The molecular formula is C17H20N4O2S. The van der Waals surface area contributed by atoms with E-state index in [0.717, 1.165) is 27.5 Å². The molecule has 24 heavy (non-hydrogen) atoms. The fourth-order valence-corrected chi connectivity index (χ4v) is 3.24. The van der Waals surface area contributed by atoms with Crippen molar-refractivity contribution in [3.8, 4) is 10.6 Å². The van der Waals surface area contributed by atoms with E-state index in [1.54, 1.807) is 11.3 Å². The monoisotopic (exact) mass is 344 g/mol. The minimum atomic E-state index is -0.0345.